The summed E-state index contributed by atoms with van der Waals surface area (Å²) in [5.74, 6) is 0.470. The minimum atomic E-state index is -0.145. The fourth-order valence-electron chi connectivity index (χ4n) is 1.48. The third-order valence-corrected chi connectivity index (χ3v) is 2.60. The highest BCUT2D eigenvalue weighted by Crippen LogP contribution is 2.09. The van der Waals surface area contributed by atoms with Crippen LogP contribution in [0, 0.1) is 20.8 Å². The zero-order valence-electron chi connectivity index (χ0n) is 8.70. The molecular weight excluding hydrogens is 180 g/mol. The van der Waals surface area contributed by atoms with Crippen molar-refractivity contribution in [1.82, 2.24) is 19.2 Å². The summed E-state index contributed by atoms with van der Waals surface area (Å²) in [6, 6.07) is 0. The molecule has 0 atom stereocenters. The molecule has 2 aromatic rings. The highest BCUT2D eigenvalue weighted by Gasteiger charge is 2.10. The van der Waals surface area contributed by atoms with Gasteiger partial charge in [-0.2, -0.15) is 0 Å². The van der Waals surface area contributed by atoms with E-state index >= 15 is 0 Å². The quantitative estimate of drug-likeness (QED) is 0.605. The number of rotatable bonds is 0. The van der Waals surface area contributed by atoms with Crippen LogP contribution in [-0.4, -0.2) is 19.2 Å². The van der Waals surface area contributed by atoms with Crippen LogP contribution in [0.4, 0.5) is 0 Å². The summed E-state index contributed by atoms with van der Waals surface area (Å²) in [7, 11) is 1.63. The van der Waals surface area contributed by atoms with E-state index in [9.17, 15) is 4.79 Å². The summed E-state index contributed by atoms with van der Waals surface area (Å²) < 4.78 is 2.83. The summed E-state index contributed by atoms with van der Waals surface area (Å²) in [5.41, 5.74) is 2.71. The Bertz CT molecular complexity index is 564. The zero-order valence-corrected chi connectivity index (χ0v) is 8.70. The molecule has 0 N–H and O–H groups in total. The molecule has 0 aliphatic rings. The van der Waals surface area contributed by atoms with Crippen molar-refractivity contribution in [2.24, 2.45) is 7.05 Å². The van der Waals surface area contributed by atoms with Gasteiger partial charge in [0.15, 0.2) is 0 Å². The van der Waals surface area contributed by atoms with Crippen LogP contribution in [0.1, 0.15) is 17.0 Å². The second-order valence-electron chi connectivity index (χ2n) is 3.45. The molecule has 0 radical (unpaired) electrons. The maximum absolute atomic E-state index is 11.6. The van der Waals surface area contributed by atoms with Crippen LogP contribution in [0.15, 0.2) is 4.79 Å². The van der Waals surface area contributed by atoms with Crippen molar-refractivity contribution < 1.29 is 0 Å². The SMILES string of the molecule is Cc1nc2nn(C)c(=O)n2c(C)c1C. The van der Waals surface area contributed by atoms with Gasteiger partial charge in [-0.3, -0.25) is 0 Å². The summed E-state index contributed by atoms with van der Waals surface area (Å²) >= 11 is 0. The van der Waals surface area contributed by atoms with Gasteiger partial charge in [-0.05, 0) is 26.3 Å². The summed E-state index contributed by atoms with van der Waals surface area (Å²) in [4.78, 5) is 15.9. The minimum absolute atomic E-state index is 0.145. The Balaban J connectivity index is 3.07. The Hall–Kier alpha value is -1.65. The van der Waals surface area contributed by atoms with Gasteiger partial charge < -0.3 is 0 Å². The van der Waals surface area contributed by atoms with Crippen LogP contribution in [0.2, 0.25) is 0 Å². The molecule has 5 nitrogen and oxygen atoms in total. The van der Waals surface area contributed by atoms with Gasteiger partial charge in [-0.25, -0.2) is 18.9 Å². The predicted octanol–water partition coefficient (Wildman–Crippen LogP) is 0.353. The van der Waals surface area contributed by atoms with E-state index in [1.165, 1.54) is 9.08 Å². The predicted molar refractivity (Wildman–Crippen MR) is 52.4 cm³/mol. The van der Waals surface area contributed by atoms with Crippen LogP contribution >= 0.6 is 0 Å². The third kappa shape index (κ3) is 0.982. The molecule has 0 amide bonds. The number of hydrogen-bond donors (Lipinski definition) is 0. The van der Waals surface area contributed by atoms with E-state index in [0.717, 1.165) is 17.0 Å². The first-order chi connectivity index (χ1) is 6.52. The van der Waals surface area contributed by atoms with E-state index < -0.39 is 0 Å². The lowest BCUT2D eigenvalue weighted by atomic mass is 10.2. The second-order valence-corrected chi connectivity index (χ2v) is 3.45. The molecular formula is C9H12N4O. The molecule has 5 heteroatoms. The van der Waals surface area contributed by atoms with Gasteiger partial charge in [0.25, 0.3) is 5.78 Å². The van der Waals surface area contributed by atoms with Crippen molar-refractivity contribution in [2.45, 2.75) is 20.8 Å². The van der Waals surface area contributed by atoms with Crippen LogP contribution in [0.25, 0.3) is 5.78 Å². The van der Waals surface area contributed by atoms with Crippen molar-refractivity contribution >= 4 is 5.78 Å². The lowest BCUT2D eigenvalue weighted by Gasteiger charge is -2.04. The Morgan fingerprint density at radius 3 is 2.50 bits per heavy atom. The third-order valence-electron chi connectivity index (χ3n) is 2.60. The maximum Gasteiger partial charge on any atom is 0.351 e. The average molecular weight is 192 g/mol. The number of aryl methyl sites for hydroxylation is 3. The van der Waals surface area contributed by atoms with Gasteiger partial charge in [0.05, 0.1) is 0 Å². The van der Waals surface area contributed by atoms with E-state index in [-0.39, 0.29) is 5.69 Å². The lowest BCUT2D eigenvalue weighted by Crippen LogP contribution is -2.20. The molecule has 2 heterocycles. The molecule has 2 aromatic heterocycles. The van der Waals surface area contributed by atoms with Crippen molar-refractivity contribution in [3.63, 3.8) is 0 Å². The van der Waals surface area contributed by atoms with Gasteiger partial charge in [-0.15, -0.1) is 5.10 Å². The maximum atomic E-state index is 11.6. The van der Waals surface area contributed by atoms with Crippen LogP contribution in [0.5, 0.6) is 0 Å². The Kier molecular flexibility index (Phi) is 1.70. The van der Waals surface area contributed by atoms with Crippen molar-refractivity contribution in [3.05, 3.63) is 27.4 Å². The van der Waals surface area contributed by atoms with Crippen LogP contribution in [0.3, 0.4) is 0 Å². The van der Waals surface area contributed by atoms with Crippen LogP contribution < -0.4 is 5.69 Å². The van der Waals surface area contributed by atoms with Gasteiger partial charge in [0.1, 0.15) is 0 Å². The Morgan fingerprint density at radius 1 is 1.21 bits per heavy atom. The van der Waals surface area contributed by atoms with E-state index in [4.69, 9.17) is 0 Å². The number of aromatic nitrogens is 4. The highest BCUT2D eigenvalue weighted by molar-refractivity contribution is 5.35. The molecule has 0 unspecified atom stereocenters. The molecule has 0 fully saturated rings. The molecule has 0 aromatic carbocycles. The number of fused-ring (bicyclic) bond motifs is 1. The minimum Gasteiger partial charge on any atom is -0.246 e. The van der Waals surface area contributed by atoms with Crippen molar-refractivity contribution in [2.75, 3.05) is 0 Å². The van der Waals surface area contributed by atoms with E-state index in [1.54, 1.807) is 7.05 Å². The van der Waals surface area contributed by atoms with Crippen molar-refractivity contribution in [3.8, 4) is 0 Å². The highest BCUT2D eigenvalue weighted by atomic mass is 16.2. The molecule has 0 spiro atoms. The Morgan fingerprint density at radius 2 is 1.86 bits per heavy atom. The molecule has 0 saturated heterocycles. The lowest BCUT2D eigenvalue weighted by molar-refractivity contribution is 0.729. The standard InChI is InChI=1S/C9H12N4O/c1-5-6(2)10-8-11-12(4)9(14)13(8)7(5)3/h1-4H3. The molecule has 0 aliphatic carbocycles. The summed E-state index contributed by atoms with van der Waals surface area (Å²) in [6.45, 7) is 5.78. The van der Waals surface area contributed by atoms with Gasteiger partial charge in [-0.1, -0.05) is 0 Å². The topological polar surface area (TPSA) is 52.2 Å². The first-order valence-electron chi connectivity index (χ1n) is 4.42. The fourth-order valence-corrected chi connectivity index (χ4v) is 1.48. The molecule has 0 saturated carbocycles. The average Bonchev–Trinajstić information content (AvgIpc) is 2.39. The van der Waals surface area contributed by atoms with Crippen LogP contribution in [-0.2, 0) is 7.05 Å². The van der Waals surface area contributed by atoms with Gasteiger partial charge in [0.2, 0.25) is 0 Å². The molecule has 0 aliphatic heterocycles. The van der Waals surface area contributed by atoms with E-state index in [0.29, 0.717) is 5.78 Å². The van der Waals surface area contributed by atoms with Gasteiger partial charge in [0, 0.05) is 18.4 Å². The molecule has 14 heavy (non-hydrogen) atoms. The first kappa shape index (κ1) is 8.93. The second kappa shape index (κ2) is 2.67. The number of hydrogen-bond acceptors (Lipinski definition) is 3. The number of nitrogens with zero attached hydrogens (tertiary/aromatic N) is 4. The first-order valence-corrected chi connectivity index (χ1v) is 4.42. The largest absolute Gasteiger partial charge is 0.351 e. The smallest absolute Gasteiger partial charge is 0.246 e. The Labute approximate surface area is 81.0 Å². The molecule has 0 bridgehead atoms. The summed E-state index contributed by atoms with van der Waals surface area (Å²) in [6.07, 6.45) is 0. The molecule has 2 rings (SSSR count). The fraction of sp³-hybridized carbons (Fsp3) is 0.444. The normalized spacial score (nSPS) is 11.1. The summed E-state index contributed by atoms with van der Waals surface area (Å²) in [5, 5.41) is 4.03. The monoisotopic (exact) mass is 192 g/mol. The van der Waals surface area contributed by atoms with E-state index in [2.05, 4.69) is 10.1 Å². The molecule has 74 valence electrons. The van der Waals surface area contributed by atoms with E-state index in [1.807, 2.05) is 20.8 Å². The van der Waals surface area contributed by atoms with Gasteiger partial charge >= 0.3 is 5.69 Å². The van der Waals surface area contributed by atoms with Crippen molar-refractivity contribution in [1.29, 1.82) is 0 Å². The zero-order chi connectivity index (χ0) is 10.5.